The van der Waals surface area contributed by atoms with Crippen LogP contribution in [0.4, 0.5) is 0 Å². The third-order valence-electron chi connectivity index (χ3n) is 10.1. The smallest absolute Gasteiger partial charge is 0.243 e. The Labute approximate surface area is 297 Å². The van der Waals surface area contributed by atoms with Crippen molar-refractivity contribution in [1.29, 1.82) is 0 Å². The molecule has 2 aromatic rings. The van der Waals surface area contributed by atoms with Gasteiger partial charge in [-0.1, -0.05) is 117 Å². The molecule has 4 N–H and O–H groups in total. The van der Waals surface area contributed by atoms with Crippen LogP contribution in [0.1, 0.15) is 85.8 Å². The highest BCUT2D eigenvalue weighted by molar-refractivity contribution is 5.95. The fourth-order valence-corrected chi connectivity index (χ4v) is 6.56. The minimum absolute atomic E-state index is 0.0842. The van der Waals surface area contributed by atoms with E-state index in [0.717, 1.165) is 23.2 Å². The maximum absolute atomic E-state index is 14.9. The molecule has 0 saturated carbocycles. The molecule has 49 heavy (non-hydrogen) atoms. The Balaban J connectivity index is 2.45. The lowest BCUT2D eigenvalue weighted by molar-refractivity contribution is -0.139. The van der Waals surface area contributed by atoms with Crippen molar-refractivity contribution in [3.8, 4) is 0 Å². The van der Waals surface area contributed by atoms with Crippen molar-refractivity contribution in [1.82, 2.24) is 15.5 Å². The van der Waals surface area contributed by atoms with E-state index in [1.54, 1.807) is 18.0 Å². The van der Waals surface area contributed by atoms with Gasteiger partial charge in [0, 0.05) is 37.0 Å². The van der Waals surface area contributed by atoms with Crippen LogP contribution in [-0.2, 0) is 27.2 Å². The number of amides is 2. The van der Waals surface area contributed by atoms with E-state index in [1.807, 2.05) is 76.2 Å². The summed E-state index contributed by atoms with van der Waals surface area (Å²) in [5, 5.41) is 6.49. The number of Topliss-reactive ketones (excluding diaryl/α,β-unsaturated/α-hetero) is 1. The zero-order chi connectivity index (χ0) is 36.9. The summed E-state index contributed by atoms with van der Waals surface area (Å²) in [5.74, 6) is -0.445. The first-order valence-corrected chi connectivity index (χ1v) is 17.9. The summed E-state index contributed by atoms with van der Waals surface area (Å²) in [6.45, 7) is 24.3. The summed E-state index contributed by atoms with van der Waals surface area (Å²) < 4.78 is 0. The van der Waals surface area contributed by atoms with Crippen LogP contribution in [0.2, 0.25) is 0 Å². The summed E-state index contributed by atoms with van der Waals surface area (Å²) in [7, 11) is 1.79. The molecule has 7 heteroatoms. The highest BCUT2D eigenvalue weighted by atomic mass is 16.2. The van der Waals surface area contributed by atoms with Crippen molar-refractivity contribution in [2.75, 3.05) is 7.05 Å². The third-order valence-corrected chi connectivity index (χ3v) is 10.1. The maximum atomic E-state index is 14.9. The molecule has 2 rings (SSSR count). The van der Waals surface area contributed by atoms with Gasteiger partial charge in [-0.25, -0.2) is 0 Å². The number of allylic oxidation sites excluding steroid dienone is 1. The lowest BCUT2D eigenvalue weighted by Crippen LogP contribution is -2.58. The van der Waals surface area contributed by atoms with Crippen LogP contribution < -0.4 is 16.4 Å². The lowest BCUT2D eigenvalue weighted by Gasteiger charge is -2.41. The van der Waals surface area contributed by atoms with Crippen molar-refractivity contribution in [3.63, 3.8) is 0 Å². The molecular formula is C42H62N4O3. The van der Waals surface area contributed by atoms with Crippen molar-refractivity contribution in [2.45, 2.75) is 112 Å². The summed E-state index contributed by atoms with van der Waals surface area (Å²) in [6, 6.07) is 19.1. The molecule has 0 heterocycles. The van der Waals surface area contributed by atoms with Crippen molar-refractivity contribution < 1.29 is 14.4 Å². The van der Waals surface area contributed by atoms with E-state index in [4.69, 9.17) is 5.73 Å². The average Bonchev–Trinajstić information content (AvgIpc) is 3.06. The van der Waals surface area contributed by atoms with Gasteiger partial charge in [-0.3, -0.25) is 14.4 Å². The maximum Gasteiger partial charge on any atom is 0.243 e. The minimum Gasteiger partial charge on any atom is -0.377 e. The zero-order valence-electron chi connectivity index (χ0n) is 31.5. The molecule has 2 amide bonds. The Morgan fingerprint density at radius 2 is 1.63 bits per heavy atom. The fraction of sp³-hybridized carbons (Fsp3) is 0.548. The summed E-state index contributed by atoms with van der Waals surface area (Å²) in [4.78, 5) is 44.3. The number of benzene rings is 1. The molecule has 0 radical (unpaired) electrons. The van der Waals surface area contributed by atoms with Gasteiger partial charge in [-0.05, 0) is 65.8 Å². The Hall–Kier alpha value is -3.89. The standard InChI is InChI=1S/C42H62N4O3/c1-12-30(7)37(13-2)46(11)38(47)26-35(43)32(9)42(10,27-34-22-18-15-19-23-34)40(48)39(29(5)6)45-41(49)36(44-31(8)24-28(3)4)25-33-20-16-14-17-21-33/h13,15-16,18-23,28-30,32,35-37,39,44H,2,8,12,24-27,43H2,1,3-7,9-11H3,(H,45,49)/t30-,32?,35-,36?,37?,39?,42?/m0/s1. The summed E-state index contributed by atoms with van der Waals surface area (Å²) in [5.41, 5.74) is 8.53. The molecule has 268 valence electrons. The number of nitrogens with two attached hydrogens (primary N) is 1. The van der Waals surface area contributed by atoms with Crippen LogP contribution in [0.5, 0.6) is 0 Å². The van der Waals surface area contributed by atoms with Crippen LogP contribution in [0, 0.1) is 41.2 Å². The molecule has 0 aliphatic rings. The highest BCUT2D eigenvalue weighted by Crippen LogP contribution is 2.37. The molecule has 7 atom stereocenters. The van der Waals surface area contributed by atoms with E-state index in [0.29, 0.717) is 25.2 Å². The van der Waals surface area contributed by atoms with Crippen LogP contribution in [-0.4, -0.2) is 53.7 Å². The number of ketones is 1. The van der Waals surface area contributed by atoms with E-state index in [-0.39, 0.29) is 41.9 Å². The highest BCUT2D eigenvalue weighted by Gasteiger charge is 2.46. The molecule has 0 saturated heterocycles. The van der Waals surface area contributed by atoms with Crippen LogP contribution >= 0.6 is 0 Å². The molecule has 7 nitrogen and oxygen atoms in total. The van der Waals surface area contributed by atoms with E-state index < -0.39 is 29.5 Å². The first kappa shape index (κ1) is 41.3. The molecule has 0 bridgehead atoms. The topological polar surface area (TPSA) is 105 Å². The Kier molecular flexibility index (Phi) is 16.3. The lowest BCUT2D eigenvalue weighted by atomic mass is 9.64. The number of carbonyl (C=O) groups is 3. The van der Waals surface area contributed by atoms with Gasteiger partial charge >= 0.3 is 0 Å². The van der Waals surface area contributed by atoms with E-state index in [9.17, 15) is 14.4 Å². The molecule has 0 aliphatic heterocycles. The van der Waals surface area contributed by atoms with Gasteiger partial charge in [0.05, 0.1) is 12.1 Å². The molecule has 0 aliphatic carbocycles. The molecule has 2 aromatic carbocycles. The van der Waals surface area contributed by atoms with Crippen LogP contribution in [0.15, 0.2) is 73.5 Å². The van der Waals surface area contributed by atoms with Gasteiger partial charge in [0.2, 0.25) is 11.8 Å². The Morgan fingerprint density at radius 1 is 0.980 bits per heavy atom. The van der Waals surface area contributed by atoms with Crippen molar-refractivity contribution >= 4 is 17.6 Å². The number of hydrogen-bond acceptors (Lipinski definition) is 5. The summed E-state index contributed by atoms with van der Waals surface area (Å²) >= 11 is 0. The van der Waals surface area contributed by atoms with Gasteiger partial charge in [0.1, 0.15) is 6.04 Å². The molecule has 0 fully saturated rings. The molecule has 0 aromatic heterocycles. The Morgan fingerprint density at radius 3 is 2.16 bits per heavy atom. The predicted octanol–water partition coefficient (Wildman–Crippen LogP) is 6.72. The van der Waals surface area contributed by atoms with E-state index >= 15 is 0 Å². The molecule has 5 unspecified atom stereocenters. The second-order valence-corrected chi connectivity index (χ2v) is 14.9. The van der Waals surface area contributed by atoms with Gasteiger partial charge in [-0.2, -0.15) is 0 Å². The number of likely N-dealkylation sites (N-methyl/N-ethyl adjacent to an activating group) is 1. The van der Waals surface area contributed by atoms with Gasteiger partial charge in [0.15, 0.2) is 5.78 Å². The minimum atomic E-state index is -0.995. The number of nitrogens with one attached hydrogen (secondary N) is 2. The van der Waals surface area contributed by atoms with Crippen LogP contribution in [0.25, 0.3) is 0 Å². The van der Waals surface area contributed by atoms with E-state index in [2.05, 4.69) is 63.6 Å². The summed E-state index contributed by atoms with van der Waals surface area (Å²) in [6.07, 6.45) is 4.34. The fourth-order valence-electron chi connectivity index (χ4n) is 6.56. The van der Waals surface area contributed by atoms with Crippen molar-refractivity contribution in [2.24, 2.45) is 34.8 Å². The second-order valence-electron chi connectivity index (χ2n) is 14.9. The largest absolute Gasteiger partial charge is 0.377 e. The number of hydrogen-bond donors (Lipinski definition) is 3. The van der Waals surface area contributed by atoms with Gasteiger partial charge in [0.25, 0.3) is 0 Å². The number of carbonyl (C=O) groups excluding carboxylic acids is 3. The Bertz CT molecular complexity index is 1360. The average molecular weight is 671 g/mol. The monoisotopic (exact) mass is 670 g/mol. The van der Waals surface area contributed by atoms with Crippen LogP contribution in [0.3, 0.4) is 0 Å². The normalized spacial score (nSPS) is 16.2. The SMILES string of the molecule is C=CC([C@@H](C)CC)N(C)C(=O)C[C@H](N)C(C)C(C)(Cc1ccccc1)C(=O)C(NC(=O)C(Cc1cc#ccc1)NC(=C)CC(C)C)C(C)C. The predicted molar refractivity (Wildman–Crippen MR) is 201 cm³/mol. The number of rotatable bonds is 21. The zero-order valence-corrected chi connectivity index (χ0v) is 31.5. The molecular weight excluding hydrogens is 608 g/mol. The first-order valence-electron chi connectivity index (χ1n) is 17.9. The van der Waals surface area contributed by atoms with Crippen molar-refractivity contribution in [3.05, 3.63) is 96.7 Å². The third kappa shape index (κ3) is 11.9. The molecule has 0 spiro atoms. The van der Waals surface area contributed by atoms with Gasteiger partial charge < -0.3 is 21.3 Å². The van der Waals surface area contributed by atoms with E-state index in [1.165, 1.54) is 0 Å². The van der Waals surface area contributed by atoms with Gasteiger partial charge in [-0.15, -0.1) is 6.58 Å². The first-order chi connectivity index (χ1) is 23.0. The second kappa shape index (κ2) is 19.3. The quantitative estimate of drug-likeness (QED) is 0.128. The number of nitrogens with zero attached hydrogens (tertiary/aromatic N) is 1.